The topological polar surface area (TPSA) is 60.2 Å². The number of carbonyl (C=O) groups is 1. The van der Waals surface area contributed by atoms with E-state index in [1.165, 1.54) is 5.56 Å². The number of benzene rings is 1. The van der Waals surface area contributed by atoms with Crippen LogP contribution in [0.4, 0.5) is 0 Å². The molecule has 1 aromatic carbocycles. The summed E-state index contributed by atoms with van der Waals surface area (Å²) < 4.78 is 0. The van der Waals surface area contributed by atoms with Crippen LogP contribution in [0.25, 0.3) is 10.9 Å². The fourth-order valence-corrected chi connectivity index (χ4v) is 4.99. The largest absolute Gasteiger partial charge is 0.342 e. The fourth-order valence-electron chi connectivity index (χ4n) is 4.99. The number of pyridine rings is 1. The molecule has 1 amide bonds. The average Bonchev–Trinajstić information content (AvgIpc) is 3.11. The van der Waals surface area contributed by atoms with Gasteiger partial charge in [-0.25, -0.2) is 0 Å². The van der Waals surface area contributed by atoms with E-state index in [1.807, 2.05) is 12.1 Å². The molecule has 0 bridgehead atoms. The lowest BCUT2D eigenvalue weighted by Crippen LogP contribution is -2.43. The molecule has 0 spiro atoms. The van der Waals surface area contributed by atoms with Crippen LogP contribution < -0.4 is 0 Å². The van der Waals surface area contributed by atoms with Gasteiger partial charge in [0.25, 0.3) is 0 Å². The molecule has 2 aromatic rings. The Morgan fingerprint density at radius 3 is 2.89 bits per heavy atom. The molecule has 0 N–H and O–H groups in total. The van der Waals surface area contributed by atoms with Gasteiger partial charge in [0, 0.05) is 43.6 Å². The Bertz CT molecular complexity index is 918. The van der Waals surface area contributed by atoms with Crippen molar-refractivity contribution >= 4 is 16.8 Å². The Morgan fingerprint density at radius 2 is 2.14 bits per heavy atom. The number of fused-ring (bicyclic) bond motifs is 1. The molecule has 1 aromatic heterocycles. The molecule has 0 saturated carbocycles. The molecule has 5 heteroatoms. The van der Waals surface area contributed by atoms with Gasteiger partial charge in [0.1, 0.15) is 6.07 Å². The maximum Gasteiger partial charge on any atom is 0.222 e. The third kappa shape index (κ3) is 3.74. The van der Waals surface area contributed by atoms with E-state index in [-0.39, 0.29) is 0 Å². The maximum atomic E-state index is 13.0. The smallest absolute Gasteiger partial charge is 0.222 e. The zero-order chi connectivity index (χ0) is 19.7. The summed E-state index contributed by atoms with van der Waals surface area (Å²) in [5.41, 5.74) is 2.60. The van der Waals surface area contributed by atoms with Crippen molar-refractivity contribution in [2.75, 3.05) is 33.2 Å². The Kier molecular flexibility index (Phi) is 5.32. The minimum absolute atomic E-state index is 0.290. The molecule has 2 fully saturated rings. The van der Waals surface area contributed by atoms with Crippen LogP contribution in [0.15, 0.2) is 30.5 Å². The zero-order valence-electron chi connectivity index (χ0n) is 16.8. The molecule has 2 saturated heterocycles. The minimum atomic E-state index is 0.290. The molecular weight excluding hydrogens is 348 g/mol. The molecular formula is C23H28N4O. The molecule has 2 aliphatic heterocycles. The number of carbonyl (C=O) groups excluding carboxylic acids is 1. The Balaban J connectivity index is 1.56. The summed E-state index contributed by atoms with van der Waals surface area (Å²) in [5.74, 6) is 1.55. The van der Waals surface area contributed by atoms with Crippen LogP contribution in [0.5, 0.6) is 0 Å². The van der Waals surface area contributed by atoms with Crippen molar-refractivity contribution in [2.24, 2.45) is 11.8 Å². The molecule has 3 atom stereocenters. The third-order valence-corrected chi connectivity index (χ3v) is 6.33. The van der Waals surface area contributed by atoms with Crippen molar-refractivity contribution in [3.05, 3.63) is 41.6 Å². The van der Waals surface area contributed by atoms with Gasteiger partial charge in [-0.15, -0.1) is 0 Å². The van der Waals surface area contributed by atoms with Crippen LogP contribution in [0, 0.1) is 23.2 Å². The van der Waals surface area contributed by atoms with Crippen molar-refractivity contribution in [3.63, 3.8) is 0 Å². The van der Waals surface area contributed by atoms with Crippen LogP contribution in [0.1, 0.15) is 43.2 Å². The predicted octanol–water partition coefficient (Wildman–Crippen LogP) is 3.40. The van der Waals surface area contributed by atoms with E-state index in [1.54, 1.807) is 6.20 Å². The zero-order valence-corrected chi connectivity index (χ0v) is 16.8. The van der Waals surface area contributed by atoms with E-state index in [0.29, 0.717) is 35.6 Å². The number of nitrogens with zero attached hydrogens (tertiary/aromatic N) is 4. The summed E-state index contributed by atoms with van der Waals surface area (Å²) in [6.07, 6.45) is 4.59. The van der Waals surface area contributed by atoms with E-state index in [9.17, 15) is 10.1 Å². The van der Waals surface area contributed by atoms with Crippen molar-refractivity contribution in [2.45, 2.75) is 32.1 Å². The van der Waals surface area contributed by atoms with Crippen LogP contribution in [0.2, 0.25) is 0 Å². The van der Waals surface area contributed by atoms with E-state index < -0.39 is 0 Å². The fraction of sp³-hybridized carbons (Fsp3) is 0.522. The minimum Gasteiger partial charge on any atom is -0.342 e. The number of amides is 1. The third-order valence-electron chi connectivity index (χ3n) is 6.33. The summed E-state index contributed by atoms with van der Waals surface area (Å²) in [6, 6.07) is 10.2. The summed E-state index contributed by atoms with van der Waals surface area (Å²) in [7, 11) is 2.13. The SMILES string of the molecule is C[C@@H]1C[C@H](c2ccc(C#N)c3ncccc23)CN(C(=O)CC2CCN(C)C2)C1. The number of hydrogen-bond donors (Lipinski definition) is 0. The van der Waals surface area contributed by atoms with Gasteiger partial charge in [-0.1, -0.05) is 19.1 Å². The Labute approximate surface area is 167 Å². The molecule has 2 aliphatic rings. The normalized spacial score (nSPS) is 25.8. The van der Waals surface area contributed by atoms with E-state index in [0.717, 1.165) is 49.9 Å². The second-order valence-electron chi connectivity index (χ2n) is 8.67. The van der Waals surface area contributed by atoms with Gasteiger partial charge in [-0.05, 0) is 56.0 Å². The van der Waals surface area contributed by atoms with Gasteiger partial charge >= 0.3 is 0 Å². The second kappa shape index (κ2) is 7.89. The van der Waals surface area contributed by atoms with Gasteiger partial charge in [0.2, 0.25) is 5.91 Å². The van der Waals surface area contributed by atoms with Crippen molar-refractivity contribution < 1.29 is 4.79 Å². The van der Waals surface area contributed by atoms with Crippen LogP contribution >= 0.6 is 0 Å². The highest BCUT2D eigenvalue weighted by Gasteiger charge is 2.32. The van der Waals surface area contributed by atoms with Gasteiger partial charge < -0.3 is 9.80 Å². The number of likely N-dealkylation sites (tertiary alicyclic amines) is 2. The highest BCUT2D eigenvalue weighted by atomic mass is 16.2. The number of rotatable bonds is 3. The quantitative estimate of drug-likeness (QED) is 0.824. The van der Waals surface area contributed by atoms with Gasteiger partial charge in [0.15, 0.2) is 0 Å². The summed E-state index contributed by atoms with van der Waals surface area (Å²) >= 11 is 0. The Morgan fingerprint density at radius 1 is 1.29 bits per heavy atom. The van der Waals surface area contributed by atoms with Gasteiger partial charge in [-0.3, -0.25) is 9.78 Å². The van der Waals surface area contributed by atoms with Crippen molar-refractivity contribution in [1.29, 1.82) is 5.26 Å². The first-order valence-electron chi connectivity index (χ1n) is 10.3. The highest BCUT2D eigenvalue weighted by Crippen LogP contribution is 2.35. The lowest BCUT2D eigenvalue weighted by molar-refractivity contribution is -0.134. The predicted molar refractivity (Wildman–Crippen MR) is 110 cm³/mol. The van der Waals surface area contributed by atoms with E-state index in [4.69, 9.17) is 0 Å². The molecule has 4 rings (SSSR count). The molecule has 146 valence electrons. The molecule has 1 unspecified atom stereocenters. The van der Waals surface area contributed by atoms with Crippen LogP contribution in [-0.4, -0.2) is 53.9 Å². The monoisotopic (exact) mass is 376 g/mol. The van der Waals surface area contributed by atoms with Gasteiger partial charge in [-0.2, -0.15) is 5.26 Å². The standard InChI is InChI=1S/C23H28N4O/c1-16-10-19(15-27(13-16)22(28)11-17-7-9-26(2)14-17)20-6-5-18(12-24)23-21(20)4-3-8-25-23/h3-6,8,16-17,19H,7,9-11,13-15H2,1-2H3/t16-,17?,19+/m1/s1. The molecule has 0 aliphatic carbocycles. The lowest BCUT2D eigenvalue weighted by atomic mass is 9.83. The number of piperidine rings is 1. The van der Waals surface area contributed by atoms with Crippen molar-refractivity contribution in [3.8, 4) is 6.07 Å². The number of hydrogen-bond acceptors (Lipinski definition) is 4. The number of nitriles is 1. The maximum absolute atomic E-state index is 13.0. The number of aromatic nitrogens is 1. The second-order valence-corrected chi connectivity index (χ2v) is 8.67. The van der Waals surface area contributed by atoms with E-state index in [2.05, 4.69) is 47.0 Å². The molecule has 5 nitrogen and oxygen atoms in total. The van der Waals surface area contributed by atoms with Crippen LogP contribution in [-0.2, 0) is 4.79 Å². The molecule has 28 heavy (non-hydrogen) atoms. The average molecular weight is 377 g/mol. The van der Waals surface area contributed by atoms with E-state index >= 15 is 0 Å². The van der Waals surface area contributed by atoms with Crippen molar-refractivity contribution in [1.82, 2.24) is 14.8 Å². The summed E-state index contributed by atoms with van der Waals surface area (Å²) in [4.78, 5) is 21.8. The molecule has 3 heterocycles. The Hall–Kier alpha value is -2.45. The van der Waals surface area contributed by atoms with Gasteiger partial charge in [0.05, 0.1) is 11.1 Å². The lowest BCUT2D eigenvalue weighted by Gasteiger charge is -2.37. The molecule has 0 radical (unpaired) electrons. The van der Waals surface area contributed by atoms with Crippen LogP contribution in [0.3, 0.4) is 0 Å². The summed E-state index contributed by atoms with van der Waals surface area (Å²) in [6.45, 7) is 5.98. The first kappa shape index (κ1) is 18.9. The first-order chi connectivity index (χ1) is 13.5. The summed E-state index contributed by atoms with van der Waals surface area (Å²) in [5, 5.41) is 10.4. The highest BCUT2D eigenvalue weighted by molar-refractivity contribution is 5.87. The first-order valence-corrected chi connectivity index (χ1v) is 10.3.